The normalized spacial score (nSPS) is 17.3. The standard InChI is InChI=1S/C20H21N7O/c1-12-4-2-3-9-27(12)17-7-8-22-18(24-17)15-11-23-16-6-5-13(10-14(15)16)19-25-26-20(21)28-19/h5-8,10-12,23H,2-4,9H2,1H3,(H2,21,26). The Hall–Kier alpha value is -3.42. The first-order valence-corrected chi connectivity index (χ1v) is 9.49. The molecule has 0 aliphatic carbocycles. The third-order valence-corrected chi connectivity index (χ3v) is 5.35. The SMILES string of the molecule is CC1CCCCN1c1ccnc(-c2c[nH]c3ccc(-c4nnc(N)o4)cc23)n1. The van der Waals surface area contributed by atoms with E-state index in [9.17, 15) is 0 Å². The first kappa shape index (κ1) is 16.7. The largest absolute Gasteiger partial charge is 0.404 e. The molecule has 1 unspecified atom stereocenters. The highest BCUT2D eigenvalue weighted by Crippen LogP contribution is 2.31. The number of aromatic amines is 1. The number of nitrogens with zero attached hydrogens (tertiary/aromatic N) is 5. The van der Waals surface area contributed by atoms with E-state index in [4.69, 9.17) is 15.1 Å². The summed E-state index contributed by atoms with van der Waals surface area (Å²) < 4.78 is 5.36. The molecule has 8 nitrogen and oxygen atoms in total. The molecule has 1 fully saturated rings. The van der Waals surface area contributed by atoms with Gasteiger partial charge >= 0.3 is 6.01 Å². The average molecular weight is 375 g/mol. The van der Waals surface area contributed by atoms with Crippen LogP contribution in [0.1, 0.15) is 26.2 Å². The van der Waals surface area contributed by atoms with E-state index in [0.29, 0.717) is 17.8 Å². The number of piperidine rings is 1. The van der Waals surface area contributed by atoms with Crippen LogP contribution in [0.2, 0.25) is 0 Å². The number of rotatable bonds is 3. The second kappa shape index (κ2) is 6.63. The van der Waals surface area contributed by atoms with E-state index in [2.05, 4.69) is 32.0 Å². The summed E-state index contributed by atoms with van der Waals surface area (Å²) in [5, 5.41) is 8.71. The summed E-state index contributed by atoms with van der Waals surface area (Å²) in [6.07, 6.45) is 7.45. The zero-order valence-corrected chi connectivity index (χ0v) is 15.6. The number of nitrogens with two attached hydrogens (primary N) is 1. The Morgan fingerprint density at radius 1 is 1.21 bits per heavy atom. The molecule has 0 saturated carbocycles. The van der Waals surface area contributed by atoms with E-state index in [0.717, 1.165) is 34.4 Å². The zero-order chi connectivity index (χ0) is 19.1. The highest BCUT2D eigenvalue weighted by molar-refractivity contribution is 5.96. The molecule has 1 atom stereocenters. The molecule has 0 amide bonds. The molecule has 5 rings (SSSR count). The average Bonchev–Trinajstić information content (AvgIpc) is 3.34. The number of aromatic nitrogens is 5. The van der Waals surface area contributed by atoms with Gasteiger partial charge in [0.1, 0.15) is 5.82 Å². The first-order chi connectivity index (χ1) is 13.7. The molecular formula is C20H21N7O. The van der Waals surface area contributed by atoms with Crippen molar-refractivity contribution in [3.05, 3.63) is 36.7 Å². The number of hydrogen-bond acceptors (Lipinski definition) is 7. The number of nitrogens with one attached hydrogen (secondary N) is 1. The summed E-state index contributed by atoms with van der Waals surface area (Å²) >= 11 is 0. The number of anilines is 2. The lowest BCUT2D eigenvalue weighted by molar-refractivity contribution is 0.481. The predicted octanol–water partition coefficient (Wildman–Crippen LogP) is 3.64. The fourth-order valence-electron chi connectivity index (χ4n) is 3.87. The lowest BCUT2D eigenvalue weighted by Gasteiger charge is -2.34. The number of fused-ring (bicyclic) bond motifs is 1. The summed E-state index contributed by atoms with van der Waals surface area (Å²) in [5.74, 6) is 2.07. The van der Waals surface area contributed by atoms with Crippen molar-refractivity contribution in [3.63, 3.8) is 0 Å². The molecule has 28 heavy (non-hydrogen) atoms. The molecule has 1 aliphatic heterocycles. The minimum atomic E-state index is 0.0519. The van der Waals surface area contributed by atoms with Crippen LogP contribution in [0.25, 0.3) is 33.7 Å². The van der Waals surface area contributed by atoms with E-state index in [1.165, 1.54) is 19.3 Å². The molecule has 1 aromatic carbocycles. The molecule has 1 saturated heterocycles. The number of hydrogen-bond donors (Lipinski definition) is 2. The third-order valence-electron chi connectivity index (χ3n) is 5.35. The maximum Gasteiger partial charge on any atom is 0.313 e. The van der Waals surface area contributed by atoms with Crippen molar-refractivity contribution < 1.29 is 4.42 Å². The van der Waals surface area contributed by atoms with Crippen LogP contribution in [-0.4, -0.2) is 37.7 Å². The lowest BCUT2D eigenvalue weighted by atomic mass is 10.0. The molecular weight excluding hydrogens is 354 g/mol. The zero-order valence-electron chi connectivity index (χ0n) is 15.6. The fourth-order valence-corrected chi connectivity index (χ4v) is 3.87. The highest BCUT2D eigenvalue weighted by Gasteiger charge is 2.21. The Balaban J connectivity index is 1.56. The van der Waals surface area contributed by atoms with Crippen LogP contribution in [-0.2, 0) is 0 Å². The van der Waals surface area contributed by atoms with Crippen molar-refractivity contribution in [1.82, 2.24) is 25.1 Å². The molecule has 0 bridgehead atoms. The van der Waals surface area contributed by atoms with Crippen LogP contribution in [0.5, 0.6) is 0 Å². The summed E-state index contributed by atoms with van der Waals surface area (Å²) in [6, 6.07) is 8.43. The quantitative estimate of drug-likeness (QED) is 0.562. The number of benzene rings is 1. The van der Waals surface area contributed by atoms with Crippen molar-refractivity contribution in [3.8, 4) is 22.8 Å². The molecule has 8 heteroatoms. The van der Waals surface area contributed by atoms with Gasteiger partial charge in [0.15, 0.2) is 5.82 Å². The van der Waals surface area contributed by atoms with Crippen LogP contribution in [0.4, 0.5) is 11.8 Å². The molecule has 3 aromatic heterocycles. The van der Waals surface area contributed by atoms with Crippen LogP contribution >= 0.6 is 0 Å². The lowest BCUT2D eigenvalue weighted by Crippen LogP contribution is -2.38. The van der Waals surface area contributed by atoms with Crippen molar-refractivity contribution in [2.24, 2.45) is 0 Å². The Morgan fingerprint density at radius 3 is 2.96 bits per heavy atom. The molecule has 3 N–H and O–H groups in total. The summed E-state index contributed by atoms with van der Waals surface area (Å²) in [5.41, 5.74) is 8.29. The van der Waals surface area contributed by atoms with Gasteiger partial charge in [-0.25, -0.2) is 9.97 Å². The summed E-state index contributed by atoms with van der Waals surface area (Å²) in [4.78, 5) is 15.1. The molecule has 4 aromatic rings. The predicted molar refractivity (Wildman–Crippen MR) is 108 cm³/mol. The summed E-state index contributed by atoms with van der Waals surface area (Å²) in [7, 11) is 0. The van der Waals surface area contributed by atoms with Crippen molar-refractivity contribution in [2.45, 2.75) is 32.2 Å². The van der Waals surface area contributed by atoms with E-state index >= 15 is 0 Å². The van der Waals surface area contributed by atoms with Gasteiger partial charge < -0.3 is 20.0 Å². The van der Waals surface area contributed by atoms with Crippen LogP contribution in [0.3, 0.4) is 0 Å². The van der Waals surface area contributed by atoms with E-state index < -0.39 is 0 Å². The molecule has 142 valence electrons. The maximum absolute atomic E-state index is 5.56. The second-order valence-electron chi connectivity index (χ2n) is 7.18. The number of H-pyrrole nitrogens is 1. The molecule has 4 heterocycles. The minimum absolute atomic E-state index is 0.0519. The van der Waals surface area contributed by atoms with Gasteiger partial charge in [0.25, 0.3) is 0 Å². The van der Waals surface area contributed by atoms with Gasteiger partial charge in [-0.2, -0.15) is 0 Å². The van der Waals surface area contributed by atoms with Gasteiger partial charge in [-0.15, -0.1) is 5.10 Å². The molecule has 0 spiro atoms. The Bertz CT molecular complexity index is 1130. The van der Waals surface area contributed by atoms with Gasteiger partial charge in [-0.1, -0.05) is 5.10 Å². The smallest absolute Gasteiger partial charge is 0.313 e. The first-order valence-electron chi connectivity index (χ1n) is 9.49. The molecule has 1 aliphatic rings. The topological polar surface area (TPSA) is 110 Å². The Morgan fingerprint density at radius 2 is 2.14 bits per heavy atom. The monoisotopic (exact) mass is 375 g/mol. The molecule has 0 radical (unpaired) electrons. The van der Waals surface area contributed by atoms with Gasteiger partial charge in [0.2, 0.25) is 5.89 Å². The van der Waals surface area contributed by atoms with Crippen molar-refractivity contribution in [1.29, 1.82) is 0 Å². The van der Waals surface area contributed by atoms with Crippen LogP contribution in [0, 0.1) is 0 Å². The fraction of sp³-hybridized carbons (Fsp3) is 0.300. The summed E-state index contributed by atoms with van der Waals surface area (Å²) in [6.45, 7) is 3.29. The Labute approximate surface area is 161 Å². The van der Waals surface area contributed by atoms with Gasteiger partial charge in [0.05, 0.1) is 0 Å². The van der Waals surface area contributed by atoms with Crippen molar-refractivity contribution >= 4 is 22.7 Å². The van der Waals surface area contributed by atoms with E-state index in [1.807, 2.05) is 36.7 Å². The number of nitrogen functional groups attached to an aromatic ring is 1. The maximum atomic E-state index is 5.56. The van der Waals surface area contributed by atoms with Crippen LogP contribution in [0.15, 0.2) is 41.1 Å². The third kappa shape index (κ3) is 2.87. The second-order valence-corrected chi connectivity index (χ2v) is 7.18. The highest BCUT2D eigenvalue weighted by atomic mass is 16.4. The van der Waals surface area contributed by atoms with E-state index in [-0.39, 0.29) is 6.01 Å². The van der Waals surface area contributed by atoms with Gasteiger partial charge in [-0.05, 0) is 50.5 Å². The van der Waals surface area contributed by atoms with Gasteiger partial charge in [-0.3, -0.25) is 0 Å². The van der Waals surface area contributed by atoms with Gasteiger partial charge in [0, 0.05) is 47.0 Å². The van der Waals surface area contributed by atoms with Crippen molar-refractivity contribution in [2.75, 3.05) is 17.2 Å². The minimum Gasteiger partial charge on any atom is -0.404 e. The Kier molecular flexibility index (Phi) is 3.96. The van der Waals surface area contributed by atoms with Crippen LogP contribution < -0.4 is 10.6 Å². The van der Waals surface area contributed by atoms with E-state index in [1.54, 1.807) is 0 Å².